The summed E-state index contributed by atoms with van der Waals surface area (Å²) in [5, 5.41) is 0. The molecule has 1 aromatic rings. The predicted molar refractivity (Wildman–Crippen MR) is 70.8 cm³/mol. The van der Waals surface area contributed by atoms with Crippen molar-refractivity contribution in [2.24, 2.45) is 5.73 Å². The summed E-state index contributed by atoms with van der Waals surface area (Å²) in [5.74, 6) is 0.846. The summed E-state index contributed by atoms with van der Waals surface area (Å²) in [5.41, 5.74) is 7.02. The zero-order valence-corrected chi connectivity index (χ0v) is 11.6. The highest BCUT2D eigenvalue weighted by Crippen LogP contribution is 2.29. The van der Waals surface area contributed by atoms with Crippen LogP contribution in [0.5, 0.6) is 5.75 Å². The van der Waals surface area contributed by atoms with E-state index in [9.17, 15) is 0 Å². The zero-order valence-electron chi connectivity index (χ0n) is 10.0. The van der Waals surface area contributed by atoms with Gasteiger partial charge < -0.3 is 10.5 Å². The van der Waals surface area contributed by atoms with Gasteiger partial charge in [-0.15, -0.1) is 0 Å². The lowest BCUT2D eigenvalue weighted by molar-refractivity contribution is 0.263. The van der Waals surface area contributed by atoms with Gasteiger partial charge in [0, 0.05) is 12.6 Å². The molecule has 0 aliphatic carbocycles. The monoisotopic (exact) mass is 286 g/mol. The number of ether oxygens (including phenoxy) is 1. The molecule has 3 nitrogen and oxygen atoms in total. The zero-order chi connectivity index (χ0) is 12.1. The molecule has 16 heavy (non-hydrogen) atoms. The molecule has 1 rings (SSSR count). The van der Waals surface area contributed by atoms with E-state index in [1.807, 2.05) is 6.07 Å². The lowest BCUT2D eigenvalue weighted by Gasteiger charge is -2.26. The summed E-state index contributed by atoms with van der Waals surface area (Å²) in [6.07, 6.45) is 0. The SMILES string of the molecule is CCN(C)C(CN)c1ccc(OC)c(Br)c1. The number of rotatable bonds is 5. The van der Waals surface area contributed by atoms with Crippen molar-refractivity contribution in [2.75, 3.05) is 27.2 Å². The Morgan fingerprint density at radius 1 is 1.50 bits per heavy atom. The van der Waals surface area contributed by atoms with Crippen LogP contribution in [-0.4, -0.2) is 32.1 Å². The fourth-order valence-corrected chi connectivity index (χ4v) is 2.24. The number of nitrogens with two attached hydrogens (primary N) is 1. The lowest BCUT2D eigenvalue weighted by Crippen LogP contribution is -2.30. The summed E-state index contributed by atoms with van der Waals surface area (Å²) in [4.78, 5) is 2.23. The number of hydrogen-bond acceptors (Lipinski definition) is 3. The molecule has 90 valence electrons. The van der Waals surface area contributed by atoms with E-state index in [1.165, 1.54) is 5.56 Å². The molecule has 0 aliphatic heterocycles. The van der Waals surface area contributed by atoms with E-state index in [4.69, 9.17) is 10.5 Å². The van der Waals surface area contributed by atoms with Gasteiger partial charge in [0.1, 0.15) is 5.75 Å². The molecule has 1 aromatic carbocycles. The van der Waals surface area contributed by atoms with E-state index < -0.39 is 0 Å². The van der Waals surface area contributed by atoms with Crippen LogP contribution in [0.25, 0.3) is 0 Å². The Morgan fingerprint density at radius 2 is 2.19 bits per heavy atom. The Bertz CT molecular complexity index is 344. The Labute approximate surface area is 106 Å². The number of hydrogen-bond donors (Lipinski definition) is 1. The standard InChI is InChI=1S/C12H19BrN2O/c1-4-15(2)11(8-14)9-5-6-12(16-3)10(13)7-9/h5-7,11H,4,8,14H2,1-3H3. The molecule has 0 heterocycles. The first-order valence-electron chi connectivity index (χ1n) is 5.37. The maximum Gasteiger partial charge on any atom is 0.133 e. The lowest BCUT2D eigenvalue weighted by atomic mass is 10.1. The molecule has 0 fully saturated rings. The summed E-state index contributed by atoms with van der Waals surface area (Å²) < 4.78 is 6.18. The van der Waals surface area contributed by atoms with Gasteiger partial charge in [0.25, 0.3) is 0 Å². The van der Waals surface area contributed by atoms with Crippen LogP contribution in [0.2, 0.25) is 0 Å². The number of methoxy groups -OCH3 is 1. The third-order valence-corrected chi connectivity index (χ3v) is 3.43. The third kappa shape index (κ3) is 2.97. The van der Waals surface area contributed by atoms with Gasteiger partial charge in [-0.05, 0) is 47.2 Å². The number of benzene rings is 1. The van der Waals surface area contributed by atoms with Crippen LogP contribution in [0.3, 0.4) is 0 Å². The number of halogens is 1. The fourth-order valence-electron chi connectivity index (χ4n) is 1.68. The highest BCUT2D eigenvalue weighted by molar-refractivity contribution is 9.10. The van der Waals surface area contributed by atoms with Crippen LogP contribution in [-0.2, 0) is 0 Å². The highest BCUT2D eigenvalue weighted by Gasteiger charge is 2.15. The van der Waals surface area contributed by atoms with Crippen LogP contribution < -0.4 is 10.5 Å². The molecule has 0 aliphatic rings. The van der Waals surface area contributed by atoms with Crippen LogP contribution in [0.4, 0.5) is 0 Å². The smallest absolute Gasteiger partial charge is 0.133 e. The van der Waals surface area contributed by atoms with E-state index >= 15 is 0 Å². The van der Waals surface area contributed by atoms with Gasteiger partial charge in [0.15, 0.2) is 0 Å². The van der Waals surface area contributed by atoms with Crippen LogP contribution in [0.15, 0.2) is 22.7 Å². The molecule has 0 saturated carbocycles. The van der Waals surface area contributed by atoms with Gasteiger partial charge in [0.05, 0.1) is 11.6 Å². The highest BCUT2D eigenvalue weighted by atomic mass is 79.9. The van der Waals surface area contributed by atoms with E-state index in [0.29, 0.717) is 6.54 Å². The summed E-state index contributed by atoms with van der Waals surface area (Å²) in [6.45, 7) is 3.72. The van der Waals surface area contributed by atoms with Crippen molar-refractivity contribution in [2.45, 2.75) is 13.0 Å². The second kappa shape index (κ2) is 6.23. The number of nitrogens with zero attached hydrogens (tertiary/aromatic N) is 1. The molecule has 0 bridgehead atoms. The molecule has 0 aromatic heterocycles. The summed E-state index contributed by atoms with van der Waals surface area (Å²) in [6, 6.07) is 6.36. The van der Waals surface area contributed by atoms with Gasteiger partial charge in [-0.25, -0.2) is 0 Å². The van der Waals surface area contributed by atoms with Gasteiger partial charge in [-0.3, -0.25) is 4.90 Å². The van der Waals surface area contributed by atoms with Gasteiger partial charge in [-0.1, -0.05) is 13.0 Å². The van der Waals surface area contributed by atoms with Gasteiger partial charge >= 0.3 is 0 Å². The van der Waals surface area contributed by atoms with Crippen LogP contribution >= 0.6 is 15.9 Å². The Morgan fingerprint density at radius 3 is 2.62 bits per heavy atom. The molecular weight excluding hydrogens is 268 g/mol. The van der Waals surface area contributed by atoms with Crippen molar-refractivity contribution < 1.29 is 4.74 Å². The first-order valence-corrected chi connectivity index (χ1v) is 6.17. The van der Waals surface area contributed by atoms with Crippen molar-refractivity contribution in [3.8, 4) is 5.75 Å². The van der Waals surface area contributed by atoms with Crippen molar-refractivity contribution in [3.05, 3.63) is 28.2 Å². The summed E-state index contributed by atoms with van der Waals surface area (Å²) >= 11 is 3.49. The largest absolute Gasteiger partial charge is 0.496 e. The average Bonchev–Trinajstić information content (AvgIpc) is 2.30. The predicted octanol–water partition coefficient (Wildman–Crippen LogP) is 2.41. The van der Waals surface area contributed by atoms with Crippen molar-refractivity contribution in [3.63, 3.8) is 0 Å². The van der Waals surface area contributed by atoms with E-state index in [2.05, 4.69) is 46.9 Å². The number of likely N-dealkylation sites (N-methyl/N-ethyl adjacent to an activating group) is 1. The molecule has 2 N–H and O–H groups in total. The minimum Gasteiger partial charge on any atom is -0.496 e. The Balaban J connectivity index is 2.98. The molecule has 0 spiro atoms. The molecular formula is C12H19BrN2O. The maximum atomic E-state index is 5.81. The second-order valence-corrected chi connectivity index (χ2v) is 4.57. The topological polar surface area (TPSA) is 38.5 Å². The summed E-state index contributed by atoms with van der Waals surface area (Å²) in [7, 11) is 3.74. The molecule has 4 heteroatoms. The van der Waals surface area contributed by atoms with Crippen molar-refractivity contribution in [1.82, 2.24) is 4.90 Å². The average molecular weight is 287 g/mol. The van der Waals surface area contributed by atoms with Crippen LogP contribution in [0, 0.1) is 0 Å². The molecule has 0 amide bonds. The Kier molecular flexibility index (Phi) is 5.25. The van der Waals surface area contributed by atoms with E-state index in [-0.39, 0.29) is 6.04 Å². The third-order valence-electron chi connectivity index (χ3n) is 2.81. The van der Waals surface area contributed by atoms with E-state index in [0.717, 1.165) is 16.8 Å². The minimum atomic E-state index is 0.257. The van der Waals surface area contributed by atoms with Crippen molar-refractivity contribution in [1.29, 1.82) is 0 Å². The minimum absolute atomic E-state index is 0.257. The quantitative estimate of drug-likeness (QED) is 0.904. The molecule has 0 radical (unpaired) electrons. The van der Waals surface area contributed by atoms with Crippen LogP contribution in [0.1, 0.15) is 18.5 Å². The molecule has 0 saturated heterocycles. The first-order chi connectivity index (χ1) is 7.63. The van der Waals surface area contributed by atoms with E-state index in [1.54, 1.807) is 7.11 Å². The Hall–Kier alpha value is -0.580. The molecule has 1 atom stereocenters. The maximum absolute atomic E-state index is 5.81. The first kappa shape index (κ1) is 13.5. The second-order valence-electron chi connectivity index (χ2n) is 3.72. The van der Waals surface area contributed by atoms with Gasteiger partial charge in [0.2, 0.25) is 0 Å². The van der Waals surface area contributed by atoms with Crippen molar-refractivity contribution >= 4 is 15.9 Å². The van der Waals surface area contributed by atoms with Gasteiger partial charge in [-0.2, -0.15) is 0 Å². The normalized spacial score (nSPS) is 12.9. The fraction of sp³-hybridized carbons (Fsp3) is 0.500. The molecule has 1 unspecified atom stereocenters.